The first-order valence-electron chi connectivity index (χ1n) is 7.69. The summed E-state index contributed by atoms with van der Waals surface area (Å²) >= 11 is 0. The van der Waals surface area contributed by atoms with Crippen LogP contribution in [0.4, 0.5) is 0 Å². The number of phosphoric acid groups is 1. The third-order valence-corrected chi connectivity index (χ3v) is 4.63. The Morgan fingerprint density at radius 1 is 1.08 bits per heavy atom. The maximum absolute atomic E-state index is 12.1. The van der Waals surface area contributed by atoms with Crippen LogP contribution in [-0.4, -0.2) is 35.0 Å². The second-order valence-corrected chi connectivity index (χ2v) is 6.87. The Bertz CT molecular complexity index is 788. The summed E-state index contributed by atoms with van der Waals surface area (Å²) in [5.41, 5.74) is 9.59. The van der Waals surface area contributed by atoms with Crippen LogP contribution < -0.4 is 5.73 Å². The van der Waals surface area contributed by atoms with E-state index in [-0.39, 0.29) is 19.1 Å². The molecule has 4 N–H and O–H groups in total. The molecule has 3 rings (SSSR count). The molecular weight excluding hydrogens is 345 g/mol. The number of fused-ring (bicyclic) bond motifs is 3. The van der Waals surface area contributed by atoms with E-state index in [1.165, 1.54) is 0 Å². The van der Waals surface area contributed by atoms with Crippen molar-refractivity contribution in [3.05, 3.63) is 59.7 Å². The summed E-state index contributed by atoms with van der Waals surface area (Å²) in [4.78, 5) is 29.7. The van der Waals surface area contributed by atoms with E-state index in [1.807, 2.05) is 48.5 Å². The minimum Gasteiger partial charge on any atom is -0.463 e. The Balaban J connectivity index is 1.77. The average Bonchev–Trinajstić information content (AvgIpc) is 2.91. The van der Waals surface area contributed by atoms with Crippen LogP contribution in [0.25, 0.3) is 11.1 Å². The third-order valence-electron chi connectivity index (χ3n) is 4.10. The van der Waals surface area contributed by atoms with Gasteiger partial charge in [0.25, 0.3) is 0 Å². The first kappa shape index (κ1) is 17.8. The number of carbonyl (C=O) groups is 1. The smallest absolute Gasteiger partial charge is 0.463 e. The zero-order valence-electron chi connectivity index (χ0n) is 13.2. The molecule has 0 spiro atoms. The number of ether oxygens (including phenoxy) is 1. The Kier molecular flexibility index (Phi) is 5.03. The molecule has 0 heterocycles. The number of hydrogen-bond donors (Lipinski definition) is 3. The normalized spacial score (nSPS) is 14.7. The fraction of sp³-hybridized carbons (Fsp3) is 0.235. The number of hydrogen-bond acceptors (Lipinski definition) is 5. The molecule has 8 heteroatoms. The standard InChI is InChI=1S/C17H18NO6P/c18-9-16(24-25(20,21)22)17(19)23-10-15-13-7-3-1-5-11(13)12-6-2-4-8-14(12)15/h1-8,15-16H,9-10,18H2,(H2,20,21,22). The van der Waals surface area contributed by atoms with E-state index in [2.05, 4.69) is 4.52 Å². The number of carbonyl (C=O) groups excluding carboxylic acids is 1. The van der Waals surface area contributed by atoms with Crippen LogP contribution in [0.2, 0.25) is 0 Å². The Labute approximate surface area is 144 Å². The van der Waals surface area contributed by atoms with Gasteiger partial charge in [0.2, 0.25) is 0 Å². The first-order valence-corrected chi connectivity index (χ1v) is 9.22. The van der Waals surface area contributed by atoms with E-state index in [0.717, 1.165) is 22.3 Å². The molecule has 0 saturated carbocycles. The summed E-state index contributed by atoms with van der Waals surface area (Å²) in [6, 6.07) is 15.7. The highest BCUT2D eigenvalue weighted by atomic mass is 31.2. The summed E-state index contributed by atoms with van der Waals surface area (Å²) in [7, 11) is -4.83. The number of esters is 1. The summed E-state index contributed by atoms with van der Waals surface area (Å²) in [6.07, 6.45) is -1.51. The van der Waals surface area contributed by atoms with Gasteiger partial charge in [0.15, 0.2) is 6.10 Å². The van der Waals surface area contributed by atoms with Gasteiger partial charge in [-0.25, -0.2) is 9.36 Å². The van der Waals surface area contributed by atoms with Gasteiger partial charge in [0.1, 0.15) is 6.61 Å². The van der Waals surface area contributed by atoms with Gasteiger partial charge in [0.05, 0.1) is 0 Å². The summed E-state index contributed by atoms with van der Waals surface area (Å²) in [5.74, 6) is -1.04. The second-order valence-electron chi connectivity index (χ2n) is 5.68. The molecule has 0 fully saturated rings. The van der Waals surface area contributed by atoms with Crippen LogP contribution in [-0.2, 0) is 18.6 Å². The van der Waals surface area contributed by atoms with Crippen LogP contribution in [0, 0.1) is 0 Å². The molecule has 7 nitrogen and oxygen atoms in total. The van der Waals surface area contributed by atoms with Crippen molar-refractivity contribution in [1.29, 1.82) is 0 Å². The Hall–Kier alpha value is -2.02. The maximum Gasteiger partial charge on any atom is 0.470 e. The van der Waals surface area contributed by atoms with Gasteiger partial charge in [-0.15, -0.1) is 0 Å². The van der Waals surface area contributed by atoms with Crippen molar-refractivity contribution in [1.82, 2.24) is 0 Å². The van der Waals surface area contributed by atoms with E-state index in [1.54, 1.807) is 0 Å². The second kappa shape index (κ2) is 7.07. The highest BCUT2D eigenvalue weighted by molar-refractivity contribution is 7.46. The molecule has 1 aliphatic rings. The molecule has 0 bridgehead atoms. The lowest BCUT2D eigenvalue weighted by molar-refractivity contribution is -0.152. The summed E-state index contributed by atoms with van der Waals surface area (Å²) in [5, 5.41) is 0. The van der Waals surface area contributed by atoms with Crippen LogP contribution in [0.15, 0.2) is 48.5 Å². The van der Waals surface area contributed by atoms with Gasteiger partial charge >= 0.3 is 13.8 Å². The molecule has 0 radical (unpaired) electrons. The predicted molar refractivity (Wildman–Crippen MR) is 90.7 cm³/mol. The Morgan fingerprint density at radius 2 is 1.60 bits per heavy atom. The minimum absolute atomic E-state index is 0.0356. The van der Waals surface area contributed by atoms with Crippen molar-refractivity contribution in [3.63, 3.8) is 0 Å². The molecule has 1 unspecified atom stereocenters. The molecule has 0 aliphatic heterocycles. The molecule has 1 atom stereocenters. The molecule has 0 saturated heterocycles. The zero-order chi connectivity index (χ0) is 18.0. The molecule has 132 valence electrons. The van der Waals surface area contributed by atoms with Crippen LogP contribution in [0.5, 0.6) is 0 Å². The van der Waals surface area contributed by atoms with Crippen LogP contribution in [0.3, 0.4) is 0 Å². The largest absolute Gasteiger partial charge is 0.470 e. The number of benzene rings is 2. The lowest BCUT2D eigenvalue weighted by Crippen LogP contribution is -2.34. The van der Waals surface area contributed by atoms with Crippen molar-refractivity contribution in [2.75, 3.05) is 13.2 Å². The van der Waals surface area contributed by atoms with Gasteiger partial charge < -0.3 is 20.3 Å². The van der Waals surface area contributed by atoms with Gasteiger partial charge in [0, 0.05) is 12.5 Å². The molecule has 2 aromatic rings. The van der Waals surface area contributed by atoms with Crippen molar-refractivity contribution < 1.29 is 28.4 Å². The quantitative estimate of drug-likeness (QED) is 0.529. The number of nitrogens with two attached hydrogens (primary N) is 1. The van der Waals surface area contributed by atoms with E-state index in [0.29, 0.717) is 0 Å². The topological polar surface area (TPSA) is 119 Å². The van der Waals surface area contributed by atoms with E-state index in [4.69, 9.17) is 20.3 Å². The lowest BCUT2D eigenvalue weighted by atomic mass is 9.98. The van der Waals surface area contributed by atoms with Gasteiger partial charge in [-0.2, -0.15) is 0 Å². The molecular formula is C17H18NO6P. The summed E-state index contributed by atoms with van der Waals surface area (Å²) < 4.78 is 20.5. The first-order chi connectivity index (χ1) is 11.9. The van der Waals surface area contributed by atoms with Crippen LogP contribution >= 0.6 is 7.82 Å². The van der Waals surface area contributed by atoms with Gasteiger partial charge in [-0.1, -0.05) is 48.5 Å². The fourth-order valence-corrected chi connectivity index (χ4v) is 3.55. The average molecular weight is 363 g/mol. The monoisotopic (exact) mass is 363 g/mol. The zero-order valence-corrected chi connectivity index (χ0v) is 14.1. The summed E-state index contributed by atoms with van der Waals surface area (Å²) in [6.45, 7) is -0.352. The predicted octanol–water partition coefficient (Wildman–Crippen LogP) is 1.78. The molecule has 0 amide bonds. The molecule has 25 heavy (non-hydrogen) atoms. The SMILES string of the molecule is NCC(OP(=O)(O)O)C(=O)OCC1c2ccccc2-c2ccccc21. The number of rotatable bonds is 6. The molecule has 2 aromatic carbocycles. The van der Waals surface area contributed by atoms with Crippen LogP contribution in [0.1, 0.15) is 17.0 Å². The molecule has 0 aromatic heterocycles. The van der Waals surface area contributed by atoms with Crippen molar-refractivity contribution in [2.24, 2.45) is 5.73 Å². The fourth-order valence-electron chi connectivity index (χ4n) is 3.05. The highest BCUT2D eigenvalue weighted by Gasteiger charge is 2.32. The van der Waals surface area contributed by atoms with Crippen molar-refractivity contribution >= 4 is 13.8 Å². The van der Waals surface area contributed by atoms with E-state index >= 15 is 0 Å². The van der Waals surface area contributed by atoms with Gasteiger partial charge in [-0.3, -0.25) is 4.52 Å². The molecule has 1 aliphatic carbocycles. The van der Waals surface area contributed by atoms with E-state index < -0.39 is 19.9 Å². The minimum atomic E-state index is -4.83. The lowest BCUT2D eigenvalue weighted by Gasteiger charge is -2.18. The van der Waals surface area contributed by atoms with Gasteiger partial charge in [-0.05, 0) is 22.3 Å². The van der Waals surface area contributed by atoms with Crippen molar-refractivity contribution in [3.8, 4) is 11.1 Å². The third kappa shape index (κ3) is 3.81. The maximum atomic E-state index is 12.1. The Morgan fingerprint density at radius 3 is 2.08 bits per heavy atom. The highest BCUT2D eigenvalue weighted by Crippen LogP contribution is 2.44. The van der Waals surface area contributed by atoms with E-state index in [9.17, 15) is 9.36 Å². The number of phosphoric ester groups is 1. The van der Waals surface area contributed by atoms with Crippen molar-refractivity contribution in [2.45, 2.75) is 12.0 Å².